The van der Waals surface area contributed by atoms with Gasteiger partial charge in [0.2, 0.25) is 15.9 Å². The molecule has 2 aliphatic heterocycles. The van der Waals surface area contributed by atoms with Crippen LogP contribution in [0.2, 0.25) is 0 Å². The van der Waals surface area contributed by atoms with Gasteiger partial charge in [0.05, 0.1) is 18.8 Å². The molecule has 2 heterocycles. The maximum absolute atomic E-state index is 12.6. The largest absolute Gasteiger partial charge is 0.497 e. The molecular weight excluding hydrogens is 328 g/mol. The minimum atomic E-state index is -3.19. The number of benzene rings is 1. The lowest BCUT2D eigenvalue weighted by molar-refractivity contribution is -0.130. The Labute approximate surface area is 143 Å². The van der Waals surface area contributed by atoms with Gasteiger partial charge in [-0.25, -0.2) is 12.7 Å². The lowest BCUT2D eigenvalue weighted by Gasteiger charge is -2.21. The summed E-state index contributed by atoms with van der Waals surface area (Å²) < 4.78 is 31.3. The molecule has 0 radical (unpaired) electrons. The summed E-state index contributed by atoms with van der Waals surface area (Å²) in [6.07, 6.45) is 1.60. The summed E-state index contributed by atoms with van der Waals surface area (Å²) in [5.74, 6) is 0.920. The molecular formula is C17H24N2O4S. The van der Waals surface area contributed by atoms with E-state index in [2.05, 4.69) is 0 Å². The molecule has 3 rings (SSSR count). The Morgan fingerprint density at radius 2 is 2.04 bits per heavy atom. The fourth-order valence-corrected chi connectivity index (χ4v) is 5.70. The molecule has 24 heavy (non-hydrogen) atoms. The van der Waals surface area contributed by atoms with Crippen molar-refractivity contribution in [1.29, 1.82) is 0 Å². The molecule has 0 spiro atoms. The van der Waals surface area contributed by atoms with Crippen molar-refractivity contribution in [2.45, 2.75) is 24.5 Å². The Balaban J connectivity index is 1.65. The summed E-state index contributed by atoms with van der Waals surface area (Å²) >= 11 is 0. The van der Waals surface area contributed by atoms with Crippen LogP contribution < -0.4 is 4.74 Å². The van der Waals surface area contributed by atoms with Gasteiger partial charge in [-0.05, 0) is 36.5 Å². The van der Waals surface area contributed by atoms with Gasteiger partial charge in [-0.1, -0.05) is 12.1 Å². The predicted molar refractivity (Wildman–Crippen MR) is 91.3 cm³/mol. The number of carbonyl (C=O) groups excluding carboxylic acids is 1. The quantitative estimate of drug-likeness (QED) is 0.818. The van der Waals surface area contributed by atoms with Crippen LogP contribution in [0.15, 0.2) is 24.3 Å². The van der Waals surface area contributed by atoms with Gasteiger partial charge in [-0.3, -0.25) is 4.79 Å². The van der Waals surface area contributed by atoms with Crippen molar-refractivity contribution in [2.75, 3.05) is 33.8 Å². The minimum Gasteiger partial charge on any atom is -0.497 e. The summed E-state index contributed by atoms with van der Waals surface area (Å²) in [6, 6.07) is 7.50. The number of hydrogen-bond donors (Lipinski definition) is 0. The zero-order valence-corrected chi connectivity index (χ0v) is 15.0. The SMILES string of the molecule is COc1cccc(CC(=O)N2CC[C@H]3CN(C)S(=O)(=O)[C@H]3CC2)c1. The highest BCUT2D eigenvalue weighted by molar-refractivity contribution is 7.90. The van der Waals surface area contributed by atoms with E-state index < -0.39 is 10.0 Å². The summed E-state index contributed by atoms with van der Waals surface area (Å²) in [6.45, 7) is 1.72. The molecule has 0 aromatic heterocycles. The number of rotatable bonds is 3. The molecule has 1 aromatic carbocycles. The van der Waals surface area contributed by atoms with Crippen LogP contribution >= 0.6 is 0 Å². The number of sulfonamides is 1. The van der Waals surface area contributed by atoms with Crippen molar-refractivity contribution in [2.24, 2.45) is 5.92 Å². The van der Waals surface area contributed by atoms with Gasteiger partial charge in [0.1, 0.15) is 5.75 Å². The molecule has 2 saturated heterocycles. The first-order valence-corrected chi connectivity index (χ1v) is 9.78. The first-order valence-electron chi connectivity index (χ1n) is 8.27. The van der Waals surface area contributed by atoms with Crippen LogP contribution in [0.3, 0.4) is 0 Å². The van der Waals surface area contributed by atoms with Crippen LogP contribution in [0, 0.1) is 5.92 Å². The highest BCUT2D eigenvalue weighted by atomic mass is 32.2. The number of ether oxygens (including phenoxy) is 1. The van der Waals surface area contributed by atoms with Crippen molar-refractivity contribution in [3.63, 3.8) is 0 Å². The van der Waals surface area contributed by atoms with E-state index in [1.807, 2.05) is 29.2 Å². The van der Waals surface area contributed by atoms with Gasteiger partial charge in [0.25, 0.3) is 0 Å². The van der Waals surface area contributed by atoms with Crippen LogP contribution in [0.5, 0.6) is 5.75 Å². The van der Waals surface area contributed by atoms with E-state index in [1.165, 1.54) is 4.31 Å². The van der Waals surface area contributed by atoms with E-state index in [-0.39, 0.29) is 17.1 Å². The summed E-state index contributed by atoms with van der Waals surface area (Å²) in [5.41, 5.74) is 0.913. The van der Waals surface area contributed by atoms with Crippen molar-refractivity contribution >= 4 is 15.9 Å². The average molecular weight is 352 g/mol. The van der Waals surface area contributed by atoms with E-state index in [9.17, 15) is 13.2 Å². The van der Waals surface area contributed by atoms with Crippen molar-refractivity contribution in [1.82, 2.24) is 9.21 Å². The third-order valence-electron chi connectivity index (χ3n) is 5.13. The lowest BCUT2D eigenvalue weighted by Crippen LogP contribution is -2.35. The molecule has 1 amide bonds. The summed E-state index contributed by atoms with van der Waals surface area (Å²) in [5, 5.41) is -0.336. The molecule has 0 unspecified atom stereocenters. The molecule has 7 heteroatoms. The highest BCUT2D eigenvalue weighted by Gasteiger charge is 2.45. The van der Waals surface area contributed by atoms with Crippen LogP contribution in [0.1, 0.15) is 18.4 Å². The number of hydrogen-bond acceptors (Lipinski definition) is 4. The zero-order valence-electron chi connectivity index (χ0n) is 14.1. The molecule has 132 valence electrons. The smallest absolute Gasteiger partial charge is 0.226 e. The molecule has 2 atom stereocenters. The van der Waals surface area contributed by atoms with Crippen LogP contribution in [-0.4, -0.2) is 62.6 Å². The Hall–Kier alpha value is -1.60. The van der Waals surface area contributed by atoms with E-state index in [4.69, 9.17) is 4.74 Å². The van der Waals surface area contributed by atoms with Gasteiger partial charge in [-0.2, -0.15) is 0 Å². The van der Waals surface area contributed by atoms with Gasteiger partial charge >= 0.3 is 0 Å². The Morgan fingerprint density at radius 1 is 1.29 bits per heavy atom. The van der Waals surface area contributed by atoms with Gasteiger partial charge in [0, 0.05) is 26.7 Å². The second-order valence-electron chi connectivity index (χ2n) is 6.61. The van der Waals surface area contributed by atoms with Crippen LogP contribution in [-0.2, 0) is 21.2 Å². The number of fused-ring (bicyclic) bond motifs is 1. The van der Waals surface area contributed by atoms with Gasteiger partial charge < -0.3 is 9.64 Å². The molecule has 0 aliphatic carbocycles. The molecule has 6 nitrogen and oxygen atoms in total. The number of nitrogens with zero attached hydrogens (tertiary/aromatic N) is 2. The second kappa shape index (κ2) is 6.72. The third-order valence-corrected chi connectivity index (χ3v) is 7.53. The second-order valence-corrected chi connectivity index (χ2v) is 8.87. The topological polar surface area (TPSA) is 66.9 Å². The van der Waals surface area contributed by atoms with Crippen LogP contribution in [0.25, 0.3) is 0 Å². The lowest BCUT2D eigenvalue weighted by atomic mass is 10.0. The normalized spacial score (nSPS) is 26.7. The average Bonchev–Trinajstić information content (AvgIpc) is 2.71. The third kappa shape index (κ3) is 3.28. The van der Waals surface area contributed by atoms with Gasteiger partial charge in [0.15, 0.2) is 0 Å². The van der Waals surface area contributed by atoms with Crippen molar-refractivity contribution in [3.8, 4) is 5.75 Å². The molecule has 1 aromatic rings. The minimum absolute atomic E-state index is 0.0500. The first-order chi connectivity index (χ1) is 11.4. The summed E-state index contributed by atoms with van der Waals surface area (Å²) in [4.78, 5) is 14.4. The number of methoxy groups -OCH3 is 1. The van der Waals surface area contributed by atoms with E-state index in [0.717, 1.165) is 17.7 Å². The zero-order chi connectivity index (χ0) is 17.3. The van der Waals surface area contributed by atoms with Crippen molar-refractivity contribution in [3.05, 3.63) is 29.8 Å². The molecule has 2 fully saturated rings. The van der Waals surface area contributed by atoms with E-state index in [1.54, 1.807) is 14.2 Å². The maximum atomic E-state index is 12.6. The monoisotopic (exact) mass is 352 g/mol. The van der Waals surface area contributed by atoms with Crippen molar-refractivity contribution < 1.29 is 17.9 Å². The van der Waals surface area contributed by atoms with Gasteiger partial charge in [-0.15, -0.1) is 0 Å². The molecule has 0 saturated carbocycles. The maximum Gasteiger partial charge on any atom is 0.226 e. The summed E-state index contributed by atoms with van der Waals surface area (Å²) in [7, 11) is 0.0642. The molecule has 0 N–H and O–H groups in total. The number of amides is 1. The Bertz CT molecular complexity index is 719. The first kappa shape index (κ1) is 17.2. The van der Waals surface area contributed by atoms with Crippen LogP contribution in [0.4, 0.5) is 0 Å². The number of likely N-dealkylation sites (tertiary alicyclic amines) is 1. The van der Waals surface area contributed by atoms with E-state index >= 15 is 0 Å². The Morgan fingerprint density at radius 3 is 2.79 bits per heavy atom. The fourth-order valence-electron chi connectivity index (χ4n) is 3.72. The molecule has 2 aliphatic rings. The highest BCUT2D eigenvalue weighted by Crippen LogP contribution is 2.33. The van der Waals surface area contributed by atoms with E-state index in [0.29, 0.717) is 32.5 Å². The fraction of sp³-hybridized carbons (Fsp3) is 0.588. The number of carbonyl (C=O) groups is 1. The molecule has 0 bridgehead atoms. The Kier molecular flexibility index (Phi) is 4.83. The standard InChI is InChI=1S/C17H24N2O4S/c1-18-12-14-6-8-19(9-7-16(14)24(18,21)22)17(20)11-13-4-3-5-15(10-13)23-2/h3-5,10,14,16H,6-9,11-12H2,1-2H3/t14-,16-/m0/s1. The predicted octanol–water partition coefficient (Wildman–Crippen LogP) is 1.12.